The van der Waals surface area contributed by atoms with Gasteiger partial charge >= 0.3 is 6.18 Å². The van der Waals surface area contributed by atoms with Gasteiger partial charge in [-0.05, 0) is 47.5 Å². The van der Waals surface area contributed by atoms with Gasteiger partial charge in [0.2, 0.25) is 0 Å². The maximum atomic E-state index is 12.7. The largest absolute Gasteiger partial charge is 0.483 e. The van der Waals surface area contributed by atoms with Crippen molar-refractivity contribution >= 4 is 11.3 Å². The maximum Gasteiger partial charge on any atom is 0.416 e. The Morgan fingerprint density at radius 1 is 1.00 bits per heavy atom. The molecule has 0 fully saturated rings. The Balaban J connectivity index is 1.76. The van der Waals surface area contributed by atoms with Crippen molar-refractivity contribution < 1.29 is 17.9 Å². The number of thiophene rings is 1. The number of pyridine rings is 1. The second-order valence-corrected chi connectivity index (χ2v) is 8.82. The second kappa shape index (κ2) is 7.95. The molecule has 0 saturated carbocycles. The molecule has 2 aromatic heterocycles. The van der Waals surface area contributed by atoms with Gasteiger partial charge in [-0.1, -0.05) is 39.0 Å². The third kappa shape index (κ3) is 5.35. The minimum Gasteiger partial charge on any atom is -0.483 e. The molecular formula is C22H22F3NOS. The predicted molar refractivity (Wildman–Crippen MR) is 106 cm³/mol. The molecule has 0 aliphatic rings. The Bertz CT molecular complexity index is 880. The highest BCUT2D eigenvalue weighted by molar-refractivity contribution is 7.10. The number of halogens is 3. The number of rotatable bonds is 5. The van der Waals surface area contributed by atoms with Crippen LogP contribution in [0.15, 0.2) is 60.1 Å². The minimum absolute atomic E-state index is 0.0706. The third-order valence-corrected chi connectivity index (χ3v) is 5.15. The topological polar surface area (TPSA) is 22.1 Å². The van der Waals surface area contributed by atoms with E-state index in [1.54, 1.807) is 23.6 Å². The minimum atomic E-state index is -4.34. The number of ether oxygens (including phenoxy) is 1. The number of hydrogen-bond acceptors (Lipinski definition) is 3. The summed E-state index contributed by atoms with van der Waals surface area (Å²) in [6.45, 7) is 6.51. The summed E-state index contributed by atoms with van der Waals surface area (Å²) in [5.41, 5.74) is 0.660. The molecular weight excluding hydrogens is 383 g/mol. The van der Waals surface area contributed by atoms with Crippen LogP contribution in [0, 0.1) is 5.41 Å². The predicted octanol–water partition coefficient (Wildman–Crippen LogP) is 7.39. The molecule has 1 aromatic carbocycles. The lowest BCUT2D eigenvalue weighted by molar-refractivity contribution is -0.137. The zero-order chi connectivity index (χ0) is 20.4. The van der Waals surface area contributed by atoms with E-state index in [-0.39, 0.29) is 11.5 Å². The molecule has 6 heteroatoms. The molecule has 0 radical (unpaired) electrons. The van der Waals surface area contributed by atoms with Crippen molar-refractivity contribution in [3.63, 3.8) is 0 Å². The van der Waals surface area contributed by atoms with E-state index in [1.807, 2.05) is 17.5 Å². The molecule has 1 unspecified atom stereocenters. The van der Waals surface area contributed by atoms with Crippen molar-refractivity contribution in [2.45, 2.75) is 39.5 Å². The van der Waals surface area contributed by atoms with E-state index < -0.39 is 11.7 Å². The zero-order valence-electron chi connectivity index (χ0n) is 16.0. The highest BCUT2D eigenvalue weighted by Crippen LogP contribution is 2.36. The molecule has 0 bridgehead atoms. The molecule has 0 saturated heterocycles. The van der Waals surface area contributed by atoms with E-state index in [4.69, 9.17) is 4.74 Å². The number of benzene rings is 1. The fraction of sp³-hybridized carbons (Fsp3) is 0.318. The summed E-state index contributed by atoms with van der Waals surface area (Å²) < 4.78 is 44.3. The standard InChI is InChI=1S/C22H22F3NOS/c1-21(2,3)13-19(20-5-4-12-28-20)27-17-10-11-18(26-14-17)15-6-8-16(9-7-15)22(23,24)25/h4-12,14,19H,13H2,1-3H3. The molecule has 28 heavy (non-hydrogen) atoms. The van der Waals surface area contributed by atoms with Crippen molar-refractivity contribution in [1.29, 1.82) is 0 Å². The van der Waals surface area contributed by atoms with Crippen molar-refractivity contribution in [2.24, 2.45) is 5.41 Å². The highest BCUT2D eigenvalue weighted by Gasteiger charge is 2.30. The van der Waals surface area contributed by atoms with Crippen LogP contribution in [0.2, 0.25) is 0 Å². The van der Waals surface area contributed by atoms with Gasteiger partial charge < -0.3 is 4.74 Å². The normalized spacial score (nSPS) is 13.4. The van der Waals surface area contributed by atoms with E-state index in [0.717, 1.165) is 23.4 Å². The monoisotopic (exact) mass is 405 g/mol. The fourth-order valence-corrected chi connectivity index (χ4v) is 3.60. The first-order valence-corrected chi connectivity index (χ1v) is 9.83. The van der Waals surface area contributed by atoms with E-state index in [2.05, 4.69) is 31.8 Å². The molecule has 2 heterocycles. The number of nitrogens with zero attached hydrogens (tertiary/aromatic N) is 1. The van der Waals surface area contributed by atoms with Gasteiger partial charge in [-0.2, -0.15) is 13.2 Å². The van der Waals surface area contributed by atoms with E-state index in [0.29, 0.717) is 17.0 Å². The van der Waals surface area contributed by atoms with Crippen LogP contribution < -0.4 is 4.74 Å². The Kier molecular flexibility index (Phi) is 5.79. The summed E-state index contributed by atoms with van der Waals surface area (Å²) in [5, 5.41) is 2.03. The van der Waals surface area contributed by atoms with Gasteiger partial charge in [0.15, 0.2) is 0 Å². The third-order valence-electron chi connectivity index (χ3n) is 4.18. The second-order valence-electron chi connectivity index (χ2n) is 7.84. The Hall–Kier alpha value is -2.34. The highest BCUT2D eigenvalue weighted by atomic mass is 32.1. The SMILES string of the molecule is CC(C)(C)CC(Oc1ccc(-c2ccc(C(F)(F)F)cc2)nc1)c1cccs1. The maximum absolute atomic E-state index is 12.7. The average molecular weight is 405 g/mol. The summed E-state index contributed by atoms with van der Waals surface area (Å²) in [6.07, 6.45) is -1.93. The van der Waals surface area contributed by atoms with Crippen molar-refractivity contribution in [1.82, 2.24) is 4.98 Å². The molecule has 2 nitrogen and oxygen atoms in total. The lowest BCUT2D eigenvalue weighted by Gasteiger charge is -2.26. The Morgan fingerprint density at radius 3 is 2.21 bits per heavy atom. The van der Waals surface area contributed by atoms with E-state index >= 15 is 0 Å². The van der Waals surface area contributed by atoms with Crippen LogP contribution in [-0.4, -0.2) is 4.98 Å². The lowest BCUT2D eigenvalue weighted by atomic mass is 9.88. The van der Waals surface area contributed by atoms with Gasteiger partial charge in [0.1, 0.15) is 11.9 Å². The van der Waals surface area contributed by atoms with Crippen LogP contribution in [0.3, 0.4) is 0 Å². The quantitative estimate of drug-likeness (QED) is 0.442. The molecule has 1 atom stereocenters. The summed E-state index contributed by atoms with van der Waals surface area (Å²) in [4.78, 5) is 5.52. The first kappa shape index (κ1) is 20.4. The molecule has 0 amide bonds. The van der Waals surface area contributed by atoms with Crippen LogP contribution in [0.1, 0.15) is 43.7 Å². The Labute approximate surface area is 167 Å². The molecule has 3 rings (SSSR count). The van der Waals surface area contributed by atoms with Gasteiger partial charge in [0.25, 0.3) is 0 Å². The van der Waals surface area contributed by atoms with Gasteiger partial charge in [0, 0.05) is 10.4 Å². The number of alkyl halides is 3. The smallest absolute Gasteiger partial charge is 0.416 e. The first-order valence-electron chi connectivity index (χ1n) is 8.95. The molecule has 3 aromatic rings. The van der Waals surface area contributed by atoms with Crippen LogP contribution in [0.25, 0.3) is 11.3 Å². The van der Waals surface area contributed by atoms with Crippen molar-refractivity contribution in [3.05, 3.63) is 70.5 Å². The van der Waals surface area contributed by atoms with Gasteiger partial charge in [-0.3, -0.25) is 4.98 Å². The van der Waals surface area contributed by atoms with Crippen molar-refractivity contribution in [3.8, 4) is 17.0 Å². The summed E-state index contributed by atoms with van der Waals surface area (Å²) >= 11 is 1.66. The fourth-order valence-electron chi connectivity index (χ4n) is 2.85. The molecule has 0 aliphatic carbocycles. The molecule has 0 aliphatic heterocycles. The molecule has 0 N–H and O–H groups in total. The van der Waals surface area contributed by atoms with Crippen LogP contribution >= 0.6 is 11.3 Å². The van der Waals surface area contributed by atoms with E-state index in [9.17, 15) is 13.2 Å². The number of hydrogen-bond donors (Lipinski definition) is 0. The molecule has 0 spiro atoms. The van der Waals surface area contributed by atoms with E-state index in [1.165, 1.54) is 12.1 Å². The first-order chi connectivity index (χ1) is 13.1. The van der Waals surface area contributed by atoms with Crippen LogP contribution in [0.5, 0.6) is 5.75 Å². The van der Waals surface area contributed by atoms with Gasteiger partial charge in [-0.15, -0.1) is 11.3 Å². The summed E-state index contributed by atoms with van der Waals surface area (Å²) in [5.74, 6) is 0.637. The summed E-state index contributed by atoms with van der Waals surface area (Å²) in [7, 11) is 0. The van der Waals surface area contributed by atoms with Gasteiger partial charge in [-0.25, -0.2) is 0 Å². The number of aromatic nitrogens is 1. The van der Waals surface area contributed by atoms with Gasteiger partial charge in [0.05, 0.1) is 17.5 Å². The molecule has 148 valence electrons. The lowest BCUT2D eigenvalue weighted by Crippen LogP contribution is -2.16. The average Bonchev–Trinajstić information content (AvgIpc) is 3.15. The zero-order valence-corrected chi connectivity index (χ0v) is 16.8. The van der Waals surface area contributed by atoms with Crippen LogP contribution in [0.4, 0.5) is 13.2 Å². The Morgan fingerprint density at radius 2 is 1.71 bits per heavy atom. The van der Waals surface area contributed by atoms with Crippen LogP contribution in [-0.2, 0) is 6.18 Å². The summed E-state index contributed by atoms with van der Waals surface area (Å²) in [6, 6.07) is 12.6. The van der Waals surface area contributed by atoms with Crippen molar-refractivity contribution in [2.75, 3.05) is 0 Å².